The summed E-state index contributed by atoms with van der Waals surface area (Å²) in [6.07, 6.45) is 0. The molecule has 0 aliphatic rings. The van der Waals surface area contributed by atoms with Crippen molar-refractivity contribution in [1.29, 1.82) is 0 Å². The van der Waals surface area contributed by atoms with Gasteiger partial charge in [-0.2, -0.15) is 0 Å². The third-order valence-corrected chi connectivity index (χ3v) is 3.05. The second-order valence-electron chi connectivity index (χ2n) is 5.45. The Hall–Kier alpha value is -1.40. The molecule has 0 fully saturated rings. The zero-order valence-corrected chi connectivity index (χ0v) is 13.1. The van der Waals surface area contributed by atoms with Gasteiger partial charge in [0.25, 0.3) is 0 Å². The van der Waals surface area contributed by atoms with Crippen LogP contribution in [0.1, 0.15) is 46.4 Å². The quantitative estimate of drug-likeness (QED) is 0.501. The van der Waals surface area contributed by atoms with Crippen LogP contribution in [-0.2, 0) is 4.74 Å². The zero-order valence-electron chi connectivity index (χ0n) is 13.1. The molecule has 0 amide bonds. The molecule has 0 aromatic carbocycles. The molecular weight excluding hydrogens is 254 g/mol. The lowest BCUT2D eigenvalue weighted by Gasteiger charge is -2.23. The van der Waals surface area contributed by atoms with E-state index < -0.39 is 0 Å². The van der Waals surface area contributed by atoms with Crippen molar-refractivity contribution in [1.82, 2.24) is 9.97 Å². The van der Waals surface area contributed by atoms with Crippen LogP contribution in [0.5, 0.6) is 0 Å². The maximum absolute atomic E-state index is 5.52. The molecule has 1 heterocycles. The minimum absolute atomic E-state index is 0.204. The zero-order chi connectivity index (χ0) is 15.1. The number of nitrogens with zero attached hydrogens (tertiary/aromatic N) is 2. The Morgan fingerprint density at radius 3 is 2.35 bits per heavy atom. The van der Waals surface area contributed by atoms with Crippen LogP contribution in [0.4, 0.5) is 11.6 Å². The van der Waals surface area contributed by atoms with Crippen molar-refractivity contribution in [3.63, 3.8) is 0 Å². The predicted octanol–water partition coefficient (Wildman–Crippen LogP) is 2.36. The summed E-state index contributed by atoms with van der Waals surface area (Å²) in [5.41, 5.74) is 2.59. The summed E-state index contributed by atoms with van der Waals surface area (Å²) in [5, 5.41) is 3.41. The van der Waals surface area contributed by atoms with Crippen molar-refractivity contribution >= 4 is 11.6 Å². The van der Waals surface area contributed by atoms with Gasteiger partial charge in [-0.3, -0.25) is 0 Å². The molecule has 20 heavy (non-hydrogen) atoms. The summed E-state index contributed by atoms with van der Waals surface area (Å²) in [6.45, 7) is 11.8. The number of nitrogen functional groups attached to an aromatic ring is 1. The van der Waals surface area contributed by atoms with E-state index in [9.17, 15) is 0 Å². The Morgan fingerprint density at radius 1 is 1.20 bits per heavy atom. The predicted molar refractivity (Wildman–Crippen MR) is 82.7 cm³/mol. The molecule has 4 N–H and O–H groups in total. The molecule has 6 heteroatoms. The summed E-state index contributed by atoms with van der Waals surface area (Å²) >= 11 is 0. The van der Waals surface area contributed by atoms with Gasteiger partial charge in [-0.25, -0.2) is 15.8 Å². The number of anilines is 2. The Labute approximate surface area is 121 Å². The van der Waals surface area contributed by atoms with Gasteiger partial charge in [0, 0.05) is 18.6 Å². The summed E-state index contributed by atoms with van der Waals surface area (Å²) < 4.78 is 5.52. The minimum Gasteiger partial charge on any atom is -0.380 e. The van der Waals surface area contributed by atoms with Gasteiger partial charge in [-0.15, -0.1) is 0 Å². The van der Waals surface area contributed by atoms with Crippen LogP contribution in [-0.4, -0.2) is 29.2 Å². The first-order valence-corrected chi connectivity index (χ1v) is 7.17. The summed E-state index contributed by atoms with van der Waals surface area (Å²) in [7, 11) is 0. The highest BCUT2D eigenvalue weighted by Crippen LogP contribution is 2.18. The van der Waals surface area contributed by atoms with Crippen molar-refractivity contribution in [2.45, 2.75) is 46.6 Å². The van der Waals surface area contributed by atoms with Gasteiger partial charge in [0.15, 0.2) is 0 Å². The largest absolute Gasteiger partial charge is 0.380 e. The Kier molecular flexibility index (Phi) is 6.67. The van der Waals surface area contributed by atoms with Gasteiger partial charge >= 0.3 is 0 Å². The van der Waals surface area contributed by atoms with Gasteiger partial charge in [0.05, 0.1) is 12.6 Å². The second kappa shape index (κ2) is 8.01. The van der Waals surface area contributed by atoms with Gasteiger partial charge in [-0.05, 0) is 12.8 Å². The van der Waals surface area contributed by atoms with E-state index in [2.05, 4.69) is 48.4 Å². The Balaban J connectivity index is 2.90. The van der Waals surface area contributed by atoms with Gasteiger partial charge in [0.2, 0.25) is 0 Å². The van der Waals surface area contributed by atoms with Gasteiger partial charge in [0.1, 0.15) is 17.5 Å². The highest BCUT2D eigenvalue weighted by molar-refractivity contribution is 5.47. The first-order chi connectivity index (χ1) is 9.47. The number of rotatable bonds is 8. The molecule has 1 aromatic heterocycles. The van der Waals surface area contributed by atoms with Crippen molar-refractivity contribution < 1.29 is 4.74 Å². The summed E-state index contributed by atoms with van der Waals surface area (Å²) in [4.78, 5) is 8.89. The van der Waals surface area contributed by atoms with E-state index in [1.54, 1.807) is 0 Å². The SMILES string of the molecule is CCOCC(Nc1cc(NN)nc(C(C)C)n1)C(C)C. The molecule has 0 saturated carbocycles. The maximum atomic E-state index is 5.52. The molecule has 1 aromatic rings. The molecule has 0 saturated heterocycles. The Bertz CT molecular complexity index is 409. The molecular formula is C14H27N5O. The average Bonchev–Trinajstić information content (AvgIpc) is 2.42. The number of nitrogens with two attached hydrogens (primary N) is 1. The fourth-order valence-electron chi connectivity index (χ4n) is 1.71. The van der Waals surface area contributed by atoms with E-state index in [1.807, 2.05) is 13.0 Å². The lowest BCUT2D eigenvalue weighted by Crippen LogP contribution is -2.31. The van der Waals surface area contributed by atoms with Crippen molar-refractivity contribution in [2.24, 2.45) is 11.8 Å². The number of hydrogen-bond donors (Lipinski definition) is 3. The van der Waals surface area contributed by atoms with E-state index in [1.165, 1.54) is 0 Å². The van der Waals surface area contributed by atoms with Crippen LogP contribution in [0.15, 0.2) is 6.07 Å². The third kappa shape index (κ3) is 4.94. The Morgan fingerprint density at radius 2 is 1.85 bits per heavy atom. The molecule has 1 unspecified atom stereocenters. The number of aromatic nitrogens is 2. The number of hydrazine groups is 1. The maximum Gasteiger partial charge on any atom is 0.145 e. The molecule has 0 aliphatic carbocycles. The van der Waals surface area contributed by atoms with Crippen molar-refractivity contribution in [3.05, 3.63) is 11.9 Å². The lowest BCUT2D eigenvalue weighted by molar-refractivity contribution is 0.126. The highest BCUT2D eigenvalue weighted by atomic mass is 16.5. The van der Waals surface area contributed by atoms with E-state index in [0.717, 1.165) is 11.6 Å². The van der Waals surface area contributed by atoms with Crippen LogP contribution < -0.4 is 16.6 Å². The lowest BCUT2D eigenvalue weighted by atomic mass is 10.1. The topological polar surface area (TPSA) is 85.1 Å². The second-order valence-corrected chi connectivity index (χ2v) is 5.45. The van der Waals surface area contributed by atoms with E-state index in [-0.39, 0.29) is 12.0 Å². The molecule has 114 valence electrons. The highest BCUT2D eigenvalue weighted by Gasteiger charge is 2.15. The number of hydrogen-bond acceptors (Lipinski definition) is 6. The van der Waals surface area contributed by atoms with E-state index in [0.29, 0.717) is 24.9 Å². The minimum atomic E-state index is 0.204. The fraction of sp³-hybridized carbons (Fsp3) is 0.714. The number of nitrogens with one attached hydrogen (secondary N) is 2. The van der Waals surface area contributed by atoms with Crippen LogP contribution in [0.2, 0.25) is 0 Å². The van der Waals surface area contributed by atoms with Crippen molar-refractivity contribution in [2.75, 3.05) is 24.0 Å². The molecule has 1 atom stereocenters. The molecule has 0 radical (unpaired) electrons. The first-order valence-electron chi connectivity index (χ1n) is 7.17. The molecule has 6 nitrogen and oxygen atoms in total. The van der Waals surface area contributed by atoms with Crippen LogP contribution in [0.25, 0.3) is 0 Å². The van der Waals surface area contributed by atoms with Crippen molar-refractivity contribution in [3.8, 4) is 0 Å². The molecule has 0 bridgehead atoms. The number of ether oxygens (including phenoxy) is 1. The monoisotopic (exact) mass is 281 g/mol. The van der Waals surface area contributed by atoms with Gasteiger partial charge < -0.3 is 15.5 Å². The molecule has 0 aliphatic heterocycles. The fourth-order valence-corrected chi connectivity index (χ4v) is 1.71. The van der Waals surface area contributed by atoms with Gasteiger partial charge in [-0.1, -0.05) is 27.7 Å². The molecule has 0 spiro atoms. The summed E-state index contributed by atoms with van der Waals surface area (Å²) in [5.74, 6) is 8.30. The van der Waals surface area contributed by atoms with Crippen LogP contribution >= 0.6 is 0 Å². The van der Waals surface area contributed by atoms with E-state index >= 15 is 0 Å². The van der Waals surface area contributed by atoms with Crippen LogP contribution in [0, 0.1) is 5.92 Å². The first kappa shape index (κ1) is 16.7. The smallest absolute Gasteiger partial charge is 0.145 e. The normalized spacial score (nSPS) is 12.8. The standard InChI is InChI=1S/C14H27N5O/c1-6-20-8-11(9(2)3)16-12-7-13(19-15)18-14(17-12)10(4)5/h7,9-11H,6,8,15H2,1-5H3,(H2,16,17,18,19). The van der Waals surface area contributed by atoms with Crippen LogP contribution in [0.3, 0.4) is 0 Å². The van der Waals surface area contributed by atoms with E-state index in [4.69, 9.17) is 10.6 Å². The third-order valence-electron chi connectivity index (χ3n) is 3.05. The molecule has 1 rings (SSSR count). The summed E-state index contributed by atoms with van der Waals surface area (Å²) in [6, 6.07) is 2.02. The average molecular weight is 281 g/mol.